The summed E-state index contributed by atoms with van der Waals surface area (Å²) in [6.45, 7) is -0.0404. The molecule has 14 heavy (non-hydrogen) atoms. The third kappa shape index (κ3) is 2.97. The lowest BCUT2D eigenvalue weighted by Gasteiger charge is -2.22. The molecule has 1 aliphatic rings. The number of hydrogen-bond acceptors (Lipinski definition) is 5. The van der Waals surface area contributed by atoms with Crippen molar-refractivity contribution in [3.8, 4) is 0 Å². The molecule has 1 heterocycles. The quantitative estimate of drug-likeness (QED) is 0.576. The summed E-state index contributed by atoms with van der Waals surface area (Å²) in [7, 11) is 0. The van der Waals surface area contributed by atoms with Gasteiger partial charge in [-0.3, -0.25) is 0 Å². The molecule has 3 N–H and O–H groups in total. The van der Waals surface area contributed by atoms with Crippen molar-refractivity contribution < 1.29 is 24.4 Å². The maximum absolute atomic E-state index is 9.62. The van der Waals surface area contributed by atoms with E-state index in [2.05, 4.69) is 0 Å². The minimum absolute atomic E-state index is 0.262. The Balaban J connectivity index is 2.69. The van der Waals surface area contributed by atoms with E-state index in [1.54, 1.807) is 6.92 Å². The first-order valence-electron chi connectivity index (χ1n) is 4.28. The molecule has 7 heteroatoms. The van der Waals surface area contributed by atoms with E-state index >= 15 is 0 Å². The van der Waals surface area contributed by atoms with Gasteiger partial charge in [0.25, 0.3) is 0 Å². The van der Waals surface area contributed by atoms with E-state index in [1.165, 1.54) is 6.66 Å². The van der Waals surface area contributed by atoms with Gasteiger partial charge in [-0.25, -0.2) is 0 Å². The van der Waals surface area contributed by atoms with Crippen LogP contribution in [-0.2, 0) is 21.1 Å². The first-order valence-corrected chi connectivity index (χ1v) is 7.40. The van der Waals surface area contributed by atoms with Gasteiger partial charge < -0.3 is 24.4 Å². The molecule has 2 unspecified atom stereocenters. The summed E-state index contributed by atoms with van der Waals surface area (Å²) in [6.07, 6.45) is -2.63. The standard InChI is InChI=1S/C7H15O5PS/c1-4-6(9)7(5(3-8)11-4)12-13(2,10)14/h4-9H,3H2,1-2H3,(H,10,14)/t4-,5+,6?,7-,13?/m0/s1. The molecule has 5 nitrogen and oxygen atoms in total. The Hall–Kier alpha value is 0.450. The lowest BCUT2D eigenvalue weighted by molar-refractivity contribution is -0.0108. The summed E-state index contributed by atoms with van der Waals surface area (Å²) in [6, 6.07) is 0. The zero-order valence-electron chi connectivity index (χ0n) is 8.03. The summed E-state index contributed by atoms with van der Waals surface area (Å²) in [5.74, 6) is 0. The van der Waals surface area contributed by atoms with Gasteiger partial charge in [0.15, 0.2) is 6.49 Å². The normalized spacial score (nSPS) is 42.4. The van der Waals surface area contributed by atoms with E-state index in [4.69, 9.17) is 26.2 Å². The Labute approximate surface area is 87.8 Å². The Morgan fingerprint density at radius 3 is 2.57 bits per heavy atom. The molecule has 0 radical (unpaired) electrons. The van der Waals surface area contributed by atoms with Crippen LogP contribution in [0.15, 0.2) is 0 Å². The van der Waals surface area contributed by atoms with Crippen LogP contribution in [-0.4, -0.2) is 52.8 Å². The molecule has 0 aliphatic carbocycles. The molecular weight excluding hydrogens is 227 g/mol. The fourth-order valence-electron chi connectivity index (χ4n) is 1.42. The second-order valence-electron chi connectivity index (χ2n) is 3.43. The van der Waals surface area contributed by atoms with Gasteiger partial charge in [0.1, 0.15) is 18.3 Å². The van der Waals surface area contributed by atoms with Crippen LogP contribution in [0, 0.1) is 0 Å². The zero-order valence-corrected chi connectivity index (χ0v) is 9.74. The number of aliphatic hydroxyl groups is 2. The van der Waals surface area contributed by atoms with Crippen molar-refractivity contribution in [2.75, 3.05) is 13.3 Å². The second-order valence-corrected chi connectivity index (χ2v) is 7.28. The smallest absolute Gasteiger partial charge is 0.183 e. The molecule has 0 saturated carbocycles. The van der Waals surface area contributed by atoms with E-state index in [0.717, 1.165) is 0 Å². The highest BCUT2D eigenvalue weighted by atomic mass is 32.5. The molecule has 1 rings (SSSR count). The van der Waals surface area contributed by atoms with E-state index in [1.807, 2.05) is 0 Å². The van der Waals surface area contributed by atoms with Gasteiger partial charge in [-0.05, 0) is 18.7 Å². The summed E-state index contributed by atoms with van der Waals surface area (Å²) in [5.41, 5.74) is 0. The minimum Gasteiger partial charge on any atom is -0.394 e. The SMILES string of the molecule is C[C@@H]1O[C@H](CO)[C@H](OP(C)(O)=S)C1O. The van der Waals surface area contributed by atoms with Crippen molar-refractivity contribution in [3.63, 3.8) is 0 Å². The van der Waals surface area contributed by atoms with E-state index in [9.17, 15) is 10.00 Å². The molecule has 0 bridgehead atoms. The zero-order chi connectivity index (χ0) is 10.9. The number of aliphatic hydroxyl groups excluding tert-OH is 2. The average molecular weight is 242 g/mol. The summed E-state index contributed by atoms with van der Waals surface area (Å²) in [4.78, 5) is 9.35. The summed E-state index contributed by atoms with van der Waals surface area (Å²) < 4.78 is 10.3. The van der Waals surface area contributed by atoms with Gasteiger partial charge in [-0.1, -0.05) is 0 Å². The average Bonchev–Trinajstić information content (AvgIpc) is 2.30. The van der Waals surface area contributed by atoms with Crippen molar-refractivity contribution >= 4 is 18.3 Å². The molecule has 5 atom stereocenters. The van der Waals surface area contributed by atoms with Crippen molar-refractivity contribution in [3.05, 3.63) is 0 Å². The van der Waals surface area contributed by atoms with E-state index in [-0.39, 0.29) is 6.61 Å². The molecule has 0 spiro atoms. The molecule has 1 aliphatic heterocycles. The molecule has 1 saturated heterocycles. The predicted molar refractivity (Wildman–Crippen MR) is 54.7 cm³/mol. The fourth-order valence-corrected chi connectivity index (χ4v) is 2.43. The minimum atomic E-state index is -2.85. The van der Waals surface area contributed by atoms with Crippen LogP contribution in [0.25, 0.3) is 0 Å². The second kappa shape index (κ2) is 4.53. The highest BCUT2D eigenvalue weighted by molar-refractivity contribution is 8.09. The number of rotatable bonds is 3. The Morgan fingerprint density at radius 2 is 2.14 bits per heavy atom. The van der Waals surface area contributed by atoms with Gasteiger partial charge in [0.2, 0.25) is 0 Å². The highest BCUT2D eigenvalue weighted by Crippen LogP contribution is 2.42. The van der Waals surface area contributed by atoms with Crippen LogP contribution in [0.1, 0.15) is 6.92 Å². The van der Waals surface area contributed by atoms with Crippen molar-refractivity contribution in [2.24, 2.45) is 0 Å². The molecule has 84 valence electrons. The topological polar surface area (TPSA) is 79.2 Å². The lowest BCUT2D eigenvalue weighted by Crippen LogP contribution is -2.35. The van der Waals surface area contributed by atoms with Crippen molar-refractivity contribution in [1.82, 2.24) is 0 Å². The molecular formula is C7H15O5PS. The summed E-state index contributed by atoms with van der Waals surface area (Å²) in [5, 5.41) is 18.6. The van der Waals surface area contributed by atoms with Crippen LogP contribution < -0.4 is 0 Å². The Morgan fingerprint density at radius 1 is 1.57 bits per heavy atom. The largest absolute Gasteiger partial charge is 0.394 e. The van der Waals surface area contributed by atoms with Gasteiger partial charge >= 0.3 is 0 Å². The Kier molecular flexibility index (Phi) is 4.05. The van der Waals surface area contributed by atoms with Gasteiger partial charge in [0, 0.05) is 6.66 Å². The third-order valence-electron chi connectivity index (χ3n) is 2.07. The fraction of sp³-hybridized carbons (Fsp3) is 1.00. The lowest BCUT2D eigenvalue weighted by atomic mass is 10.1. The van der Waals surface area contributed by atoms with Crippen molar-refractivity contribution in [1.29, 1.82) is 0 Å². The highest BCUT2D eigenvalue weighted by Gasteiger charge is 2.43. The van der Waals surface area contributed by atoms with Gasteiger partial charge in [0.05, 0.1) is 12.7 Å². The van der Waals surface area contributed by atoms with Crippen LogP contribution in [0.2, 0.25) is 0 Å². The maximum atomic E-state index is 9.62. The molecule has 0 aromatic heterocycles. The van der Waals surface area contributed by atoms with E-state index in [0.29, 0.717) is 0 Å². The first kappa shape index (κ1) is 12.5. The van der Waals surface area contributed by atoms with Crippen LogP contribution >= 0.6 is 6.49 Å². The monoisotopic (exact) mass is 242 g/mol. The van der Waals surface area contributed by atoms with Crippen molar-refractivity contribution in [2.45, 2.75) is 31.3 Å². The number of hydrogen-bond donors (Lipinski definition) is 3. The number of ether oxygens (including phenoxy) is 1. The molecule has 0 aromatic rings. The first-order chi connectivity index (χ1) is 6.35. The van der Waals surface area contributed by atoms with Crippen LogP contribution in [0.5, 0.6) is 0 Å². The molecule has 0 amide bonds. The van der Waals surface area contributed by atoms with E-state index < -0.39 is 30.9 Å². The maximum Gasteiger partial charge on any atom is 0.183 e. The Bertz CT molecular complexity index is 242. The molecule has 0 aromatic carbocycles. The third-order valence-corrected chi connectivity index (χ3v) is 2.96. The predicted octanol–water partition coefficient (Wildman–Crippen LogP) is -0.556. The van der Waals surface area contributed by atoms with Gasteiger partial charge in [-0.2, -0.15) is 0 Å². The van der Waals surface area contributed by atoms with Crippen LogP contribution in [0.4, 0.5) is 0 Å². The molecule has 1 fully saturated rings. The summed E-state index contributed by atoms with van der Waals surface area (Å²) >= 11 is 4.71. The van der Waals surface area contributed by atoms with Crippen LogP contribution in [0.3, 0.4) is 0 Å². The van der Waals surface area contributed by atoms with Gasteiger partial charge in [-0.15, -0.1) is 0 Å².